The first kappa shape index (κ1) is 12.5. The van der Waals surface area contributed by atoms with Crippen molar-refractivity contribution in [2.24, 2.45) is 0 Å². The van der Waals surface area contributed by atoms with Crippen LogP contribution in [0.1, 0.15) is 6.42 Å². The van der Waals surface area contributed by atoms with E-state index in [2.05, 4.69) is 21.3 Å². The monoisotopic (exact) mass is 260 g/mol. The van der Waals surface area contributed by atoms with Gasteiger partial charge in [-0.1, -0.05) is 11.8 Å². The number of benzene rings is 1. The van der Waals surface area contributed by atoms with Crippen molar-refractivity contribution in [3.63, 3.8) is 0 Å². The minimum absolute atomic E-state index is 0.497. The molecule has 0 atom stereocenters. The van der Waals surface area contributed by atoms with Gasteiger partial charge in [0.15, 0.2) is 5.82 Å². The number of nitrogens with zero attached hydrogens (tertiary/aromatic N) is 3. The number of thioether (sulfide) groups is 1. The standard InChI is InChI=1S/C12H12N4OS/c1-17-10-5-3-9(4-6-10)11-14-12(16-15-11)18-8-2-7-13/h3-6H,2,8H2,1H3,(H,14,15,16). The third kappa shape index (κ3) is 3.02. The van der Waals surface area contributed by atoms with Crippen LogP contribution in [0.15, 0.2) is 29.4 Å². The zero-order chi connectivity index (χ0) is 12.8. The second-order valence-corrected chi connectivity index (χ2v) is 4.51. The van der Waals surface area contributed by atoms with Gasteiger partial charge in [0.1, 0.15) is 5.75 Å². The van der Waals surface area contributed by atoms with Crippen LogP contribution in [0, 0.1) is 11.3 Å². The van der Waals surface area contributed by atoms with E-state index in [9.17, 15) is 0 Å². The lowest BCUT2D eigenvalue weighted by Crippen LogP contribution is -1.84. The lowest BCUT2D eigenvalue weighted by atomic mass is 10.2. The molecule has 1 aromatic heterocycles. The van der Waals surface area contributed by atoms with Crippen LogP contribution in [-0.4, -0.2) is 28.0 Å². The van der Waals surface area contributed by atoms with E-state index in [4.69, 9.17) is 10.00 Å². The van der Waals surface area contributed by atoms with E-state index in [0.29, 0.717) is 17.3 Å². The van der Waals surface area contributed by atoms with Gasteiger partial charge in [-0.05, 0) is 24.3 Å². The lowest BCUT2D eigenvalue weighted by molar-refractivity contribution is 0.415. The number of nitriles is 1. The number of nitrogens with one attached hydrogen (secondary N) is 1. The molecule has 0 unspecified atom stereocenters. The van der Waals surface area contributed by atoms with E-state index in [-0.39, 0.29) is 0 Å². The highest BCUT2D eigenvalue weighted by Gasteiger charge is 2.06. The van der Waals surface area contributed by atoms with Gasteiger partial charge in [-0.25, -0.2) is 4.98 Å². The molecule has 0 aliphatic heterocycles. The quantitative estimate of drug-likeness (QED) is 0.660. The Labute approximate surface area is 109 Å². The second-order valence-electron chi connectivity index (χ2n) is 3.45. The van der Waals surface area contributed by atoms with Crippen LogP contribution in [0.2, 0.25) is 0 Å². The van der Waals surface area contributed by atoms with Gasteiger partial charge in [0.25, 0.3) is 0 Å². The van der Waals surface area contributed by atoms with Crippen LogP contribution in [-0.2, 0) is 0 Å². The summed E-state index contributed by atoms with van der Waals surface area (Å²) in [5.74, 6) is 2.23. The summed E-state index contributed by atoms with van der Waals surface area (Å²) in [6.45, 7) is 0. The highest BCUT2D eigenvalue weighted by molar-refractivity contribution is 7.99. The molecule has 18 heavy (non-hydrogen) atoms. The highest BCUT2D eigenvalue weighted by atomic mass is 32.2. The van der Waals surface area contributed by atoms with Gasteiger partial charge in [0.05, 0.1) is 13.2 Å². The molecule has 0 spiro atoms. The predicted octanol–water partition coefficient (Wildman–Crippen LogP) is 2.49. The molecule has 0 saturated carbocycles. The number of aromatic amines is 1. The molecule has 1 aromatic carbocycles. The molecule has 0 fully saturated rings. The van der Waals surface area contributed by atoms with Gasteiger partial charge in [0.2, 0.25) is 5.16 Å². The predicted molar refractivity (Wildman–Crippen MR) is 69.3 cm³/mol. The molecule has 5 nitrogen and oxygen atoms in total. The summed E-state index contributed by atoms with van der Waals surface area (Å²) in [5.41, 5.74) is 0.954. The molecule has 92 valence electrons. The van der Waals surface area contributed by atoms with E-state index in [0.717, 1.165) is 17.1 Å². The van der Waals surface area contributed by atoms with Gasteiger partial charge < -0.3 is 4.74 Å². The summed E-state index contributed by atoms with van der Waals surface area (Å²) in [6, 6.07) is 9.68. The van der Waals surface area contributed by atoms with Crippen molar-refractivity contribution in [3.05, 3.63) is 24.3 Å². The van der Waals surface area contributed by atoms with Gasteiger partial charge in [-0.15, -0.1) is 5.10 Å². The maximum atomic E-state index is 8.45. The first-order chi connectivity index (χ1) is 8.83. The van der Waals surface area contributed by atoms with Gasteiger partial charge >= 0.3 is 0 Å². The molecule has 0 aliphatic rings. The Bertz CT molecular complexity index is 544. The Morgan fingerprint density at radius 2 is 2.17 bits per heavy atom. The zero-order valence-electron chi connectivity index (χ0n) is 9.88. The molecular formula is C12H12N4OS. The van der Waals surface area contributed by atoms with Crippen LogP contribution in [0.3, 0.4) is 0 Å². The fourth-order valence-corrected chi connectivity index (χ4v) is 2.02. The fraction of sp³-hybridized carbons (Fsp3) is 0.250. The number of methoxy groups -OCH3 is 1. The third-order valence-electron chi connectivity index (χ3n) is 2.27. The van der Waals surface area contributed by atoms with Crippen molar-refractivity contribution in [1.29, 1.82) is 5.26 Å². The average molecular weight is 260 g/mol. The molecule has 0 amide bonds. The van der Waals surface area contributed by atoms with Crippen molar-refractivity contribution >= 4 is 11.8 Å². The molecule has 2 aromatic rings. The summed E-state index contributed by atoms with van der Waals surface area (Å²) < 4.78 is 5.09. The van der Waals surface area contributed by atoms with Crippen LogP contribution in [0.5, 0.6) is 5.75 Å². The Morgan fingerprint density at radius 3 is 2.83 bits per heavy atom. The molecule has 2 rings (SSSR count). The second kappa shape index (κ2) is 6.07. The summed E-state index contributed by atoms with van der Waals surface area (Å²) >= 11 is 1.47. The molecule has 0 radical (unpaired) electrons. The maximum absolute atomic E-state index is 8.45. The molecular weight excluding hydrogens is 248 g/mol. The largest absolute Gasteiger partial charge is 0.497 e. The first-order valence-electron chi connectivity index (χ1n) is 5.40. The van der Waals surface area contributed by atoms with Crippen LogP contribution in [0.4, 0.5) is 0 Å². The van der Waals surface area contributed by atoms with E-state index in [1.807, 2.05) is 24.3 Å². The van der Waals surface area contributed by atoms with Crippen LogP contribution in [0.25, 0.3) is 11.4 Å². The van der Waals surface area contributed by atoms with Crippen molar-refractivity contribution < 1.29 is 4.74 Å². The van der Waals surface area contributed by atoms with Gasteiger partial charge in [-0.3, -0.25) is 5.10 Å². The fourth-order valence-electron chi connectivity index (χ4n) is 1.38. The number of H-pyrrole nitrogens is 1. The minimum Gasteiger partial charge on any atom is -0.497 e. The lowest BCUT2D eigenvalue weighted by Gasteiger charge is -1.99. The molecule has 1 heterocycles. The minimum atomic E-state index is 0.497. The number of hydrogen-bond donors (Lipinski definition) is 1. The Hall–Kier alpha value is -2.00. The summed E-state index contributed by atoms with van der Waals surface area (Å²) in [7, 11) is 1.63. The Morgan fingerprint density at radius 1 is 1.39 bits per heavy atom. The number of ether oxygens (including phenoxy) is 1. The van der Waals surface area contributed by atoms with Crippen molar-refractivity contribution in [2.75, 3.05) is 12.9 Å². The SMILES string of the molecule is COc1ccc(-c2nc(SCCC#N)n[nH]2)cc1. The first-order valence-corrected chi connectivity index (χ1v) is 6.38. The third-order valence-corrected chi connectivity index (χ3v) is 3.12. The summed E-state index contributed by atoms with van der Waals surface area (Å²) in [4.78, 5) is 4.35. The van der Waals surface area contributed by atoms with E-state index in [1.54, 1.807) is 7.11 Å². The van der Waals surface area contributed by atoms with Crippen LogP contribution >= 0.6 is 11.8 Å². The Balaban J connectivity index is 2.06. The zero-order valence-corrected chi connectivity index (χ0v) is 10.7. The highest BCUT2D eigenvalue weighted by Crippen LogP contribution is 2.21. The number of hydrogen-bond acceptors (Lipinski definition) is 5. The molecule has 0 aliphatic carbocycles. The van der Waals surface area contributed by atoms with E-state index in [1.165, 1.54) is 11.8 Å². The van der Waals surface area contributed by atoms with E-state index >= 15 is 0 Å². The van der Waals surface area contributed by atoms with Crippen molar-refractivity contribution in [1.82, 2.24) is 15.2 Å². The molecule has 0 bridgehead atoms. The number of rotatable bonds is 5. The maximum Gasteiger partial charge on any atom is 0.208 e. The van der Waals surface area contributed by atoms with Crippen molar-refractivity contribution in [2.45, 2.75) is 11.6 Å². The van der Waals surface area contributed by atoms with E-state index < -0.39 is 0 Å². The Kier molecular flexibility index (Phi) is 4.20. The number of aromatic nitrogens is 3. The van der Waals surface area contributed by atoms with Crippen LogP contribution < -0.4 is 4.74 Å². The summed E-state index contributed by atoms with van der Waals surface area (Å²) in [5, 5.41) is 16.1. The van der Waals surface area contributed by atoms with Gasteiger partial charge in [-0.2, -0.15) is 5.26 Å². The van der Waals surface area contributed by atoms with Crippen molar-refractivity contribution in [3.8, 4) is 23.2 Å². The molecule has 6 heteroatoms. The normalized spacial score (nSPS) is 10.0. The van der Waals surface area contributed by atoms with Gasteiger partial charge in [0, 0.05) is 17.7 Å². The molecule has 0 saturated heterocycles. The smallest absolute Gasteiger partial charge is 0.208 e. The average Bonchev–Trinajstić information content (AvgIpc) is 2.88. The topological polar surface area (TPSA) is 74.6 Å². The summed E-state index contributed by atoms with van der Waals surface area (Å²) in [6.07, 6.45) is 0.497. The molecule has 1 N–H and O–H groups in total.